The van der Waals surface area contributed by atoms with E-state index in [0.717, 1.165) is 25.0 Å². The van der Waals surface area contributed by atoms with E-state index in [1.165, 1.54) is 11.0 Å². The molecule has 1 saturated carbocycles. The molecule has 0 bridgehead atoms. The number of rotatable bonds is 4. The summed E-state index contributed by atoms with van der Waals surface area (Å²) in [6, 6.07) is 8.00. The topological polar surface area (TPSA) is 145 Å². The number of nitrogens with one attached hydrogen (secondary N) is 2. The van der Waals surface area contributed by atoms with Crippen LogP contribution in [0.3, 0.4) is 0 Å². The summed E-state index contributed by atoms with van der Waals surface area (Å²) in [4.78, 5) is 70.8. The van der Waals surface area contributed by atoms with Gasteiger partial charge in [0.05, 0.1) is 0 Å². The molecule has 2 aromatic rings. The summed E-state index contributed by atoms with van der Waals surface area (Å²) in [5.41, 5.74) is -1.06. The van der Waals surface area contributed by atoms with Crippen LogP contribution in [0.1, 0.15) is 69.7 Å². The van der Waals surface area contributed by atoms with Crippen molar-refractivity contribution in [3.63, 3.8) is 0 Å². The van der Waals surface area contributed by atoms with Crippen molar-refractivity contribution in [2.45, 2.75) is 82.5 Å². The van der Waals surface area contributed by atoms with E-state index >= 15 is 0 Å². The van der Waals surface area contributed by atoms with Gasteiger partial charge < -0.3 is 30.3 Å². The first-order valence-corrected chi connectivity index (χ1v) is 17.5. The fourth-order valence-electron chi connectivity index (χ4n) is 7.68. The highest BCUT2D eigenvalue weighted by atomic mass is 19.2. The van der Waals surface area contributed by atoms with Crippen molar-refractivity contribution in [1.29, 1.82) is 0 Å². The Morgan fingerprint density at radius 3 is 2.47 bits per heavy atom. The molecular formula is C38H44F2N4O7. The van der Waals surface area contributed by atoms with Crippen molar-refractivity contribution in [3.8, 4) is 11.1 Å². The van der Waals surface area contributed by atoms with Gasteiger partial charge in [-0.15, -0.1) is 0 Å². The Labute approximate surface area is 295 Å². The molecule has 11 nitrogen and oxygen atoms in total. The number of benzene rings is 2. The number of fused-ring (bicyclic) bond motifs is 4. The number of carboxylic acids is 1. The first kappa shape index (κ1) is 36.0. The highest BCUT2D eigenvalue weighted by Crippen LogP contribution is 2.46. The van der Waals surface area contributed by atoms with Gasteiger partial charge in [0.25, 0.3) is 5.91 Å². The number of carboxylic acid groups (broad SMARTS) is 1. The second-order valence-corrected chi connectivity index (χ2v) is 15.1. The molecule has 1 aliphatic carbocycles. The Balaban J connectivity index is 1.27. The molecule has 6 atom stereocenters. The van der Waals surface area contributed by atoms with Gasteiger partial charge in [-0.2, -0.15) is 0 Å². The largest absolute Gasteiger partial charge is 0.479 e. The average Bonchev–Trinajstić information content (AvgIpc) is 3.42. The summed E-state index contributed by atoms with van der Waals surface area (Å²) in [7, 11) is 0. The van der Waals surface area contributed by atoms with Gasteiger partial charge in [-0.25, -0.2) is 18.4 Å². The van der Waals surface area contributed by atoms with E-state index in [1.54, 1.807) is 49.9 Å². The first-order valence-electron chi connectivity index (χ1n) is 17.5. The van der Waals surface area contributed by atoms with E-state index in [2.05, 4.69) is 10.6 Å². The molecule has 0 aromatic heterocycles. The number of nitrogens with zero attached hydrogens (tertiary/aromatic N) is 2. The monoisotopic (exact) mass is 706 g/mol. The van der Waals surface area contributed by atoms with Gasteiger partial charge in [-0.1, -0.05) is 43.2 Å². The number of hydrogen-bond donors (Lipinski definition) is 3. The van der Waals surface area contributed by atoms with Crippen LogP contribution in [0.5, 0.6) is 0 Å². The van der Waals surface area contributed by atoms with E-state index < -0.39 is 70.6 Å². The Morgan fingerprint density at radius 2 is 1.75 bits per heavy atom. The Kier molecular flexibility index (Phi) is 9.93. The Bertz CT molecular complexity index is 1760. The van der Waals surface area contributed by atoms with Crippen molar-refractivity contribution in [2.24, 2.45) is 17.8 Å². The molecule has 3 N–H and O–H groups in total. The third kappa shape index (κ3) is 7.62. The van der Waals surface area contributed by atoms with Crippen LogP contribution in [0.25, 0.3) is 11.1 Å². The molecular weight excluding hydrogens is 662 g/mol. The standard InChI is InChI=1S/C38H44F2N4O7/c1-37(2,3)51-36(50)41-30-13-8-6-4-5-7-12-26-18-38(26,35(48)49)42-32(45)31-27-21-43(19-25(27)20-44(31)34(30)47)33(46)24-11-9-10-22(16-24)23-14-15-28(39)29(40)17-23/h7,9-12,14-17,25-27,30-31H,4-6,8,13,18-21H2,1-3H3,(H,41,50)(H,42,45)(H,48,49)/b12-7-/t25-,26+,27-,30+,31-,38+/m0/s1. The third-order valence-corrected chi connectivity index (χ3v) is 10.3. The van der Waals surface area contributed by atoms with Crippen molar-refractivity contribution >= 4 is 29.8 Å². The molecule has 13 heteroatoms. The number of hydrogen-bond acceptors (Lipinski definition) is 6. The van der Waals surface area contributed by atoms with Gasteiger partial charge in [0, 0.05) is 43.0 Å². The molecule has 4 amide bonds. The van der Waals surface area contributed by atoms with Crippen LogP contribution < -0.4 is 10.6 Å². The number of halogens is 2. The van der Waals surface area contributed by atoms with Crippen LogP contribution in [0, 0.1) is 29.4 Å². The third-order valence-electron chi connectivity index (χ3n) is 10.3. The minimum absolute atomic E-state index is 0.119. The highest BCUT2D eigenvalue weighted by Gasteiger charge is 2.62. The van der Waals surface area contributed by atoms with E-state index in [4.69, 9.17) is 4.74 Å². The lowest BCUT2D eigenvalue weighted by Crippen LogP contribution is -2.58. The maximum atomic E-state index is 14.3. The summed E-state index contributed by atoms with van der Waals surface area (Å²) >= 11 is 0. The number of alkyl carbamates (subject to hydrolysis) is 1. The zero-order valence-corrected chi connectivity index (χ0v) is 29.0. The average molecular weight is 707 g/mol. The van der Waals surface area contributed by atoms with E-state index in [0.29, 0.717) is 36.0 Å². The number of carbonyl (C=O) groups is 5. The number of aliphatic carboxylic acids is 1. The van der Waals surface area contributed by atoms with Gasteiger partial charge in [0.2, 0.25) is 11.8 Å². The zero-order valence-electron chi connectivity index (χ0n) is 29.0. The molecule has 2 saturated heterocycles. The first-order chi connectivity index (χ1) is 24.2. The SMILES string of the molecule is CC(C)(C)OC(=O)N[C@@H]1CCCCC/C=C\[C@@H]2C[C@@]2(C(=O)O)NC(=O)[C@@H]2[C@H]3CN(C(=O)c4cccc(-c5ccc(F)c(F)c5)c4)C[C@H]3CN2C1=O. The molecule has 4 aliphatic rings. The van der Waals surface area contributed by atoms with Crippen LogP contribution in [-0.4, -0.2) is 87.5 Å². The van der Waals surface area contributed by atoms with E-state index in [1.807, 2.05) is 12.2 Å². The lowest BCUT2D eigenvalue weighted by atomic mass is 9.93. The molecule has 3 fully saturated rings. The summed E-state index contributed by atoms with van der Waals surface area (Å²) in [6.07, 6.45) is 6.50. The molecule has 0 radical (unpaired) electrons. The lowest BCUT2D eigenvalue weighted by molar-refractivity contribution is -0.146. The van der Waals surface area contributed by atoms with Crippen molar-refractivity contribution in [1.82, 2.24) is 20.4 Å². The van der Waals surface area contributed by atoms with Crippen molar-refractivity contribution in [3.05, 3.63) is 71.8 Å². The van der Waals surface area contributed by atoms with E-state index in [9.17, 15) is 37.9 Å². The van der Waals surface area contributed by atoms with Crippen molar-refractivity contribution in [2.75, 3.05) is 19.6 Å². The number of carbonyl (C=O) groups excluding carboxylic acids is 4. The number of amides is 4. The van der Waals surface area contributed by atoms with Gasteiger partial charge in [0.15, 0.2) is 11.6 Å². The fraction of sp³-hybridized carbons (Fsp3) is 0.500. The quantitative estimate of drug-likeness (QED) is 0.384. The smallest absolute Gasteiger partial charge is 0.408 e. The summed E-state index contributed by atoms with van der Waals surface area (Å²) < 4.78 is 33.0. The normalized spacial score (nSPS) is 28.7. The van der Waals surface area contributed by atoms with Crippen LogP contribution in [0.4, 0.5) is 13.6 Å². The molecule has 6 rings (SSSR count). The lowest BCUT2D eigenvalue weighted by Gasteiger charge is -2.33. The van der Waals surface area contributed by atoms with Crippen LogP contribution in [0.2, 0.25) is 0 Å². The minimum atomic E-state index is -1.50. The van der Waals surface area contributed by atoms with Crippen LogP contribution >= 0.6 is 0 Å². The fourth-order valence-corrected chi connectivity index (χ4v) is 7.68. The van der Waals surface area contributed by atoms with Crippen LogP contribution in [-0.2, 0) is 19.1 Å². The molecule has 0 unspecified atom stereocenters. The Hall–Kier alpha value is -4.81. The zero-order chi connectivity index (χ0) is 36.7. The molecule has 3 aliphatic heterocycles. The summed E-state index contributed by atoms with van der Waals surface area (Å²) in [5, 5.41) is 15.7. The number of ether oxygens (including phenoxy) is 1. The molecule has 2 aromatic carbocycles. The summed E-state index contributed by atoms with van der Waals surface area (Å²) in [6.45, 7) is 5.62. The maximum absolute atomic E-state index is 14.3. The van der Waals surface area contributed by atoms with E-state index in [-0.39, 0.29) is 37.9 Å². The van der Waals surface area contributed by atoms with Gasteiger partial charge in [0.1, 0.15) is 23.2 Å². The molecule has 3 heterocycles. The highest BCUT2D eigenvalue weighted by molar-refractivity contribution is 5.98. The van der Waals surface area contributed by atoms with Gasteiger partial charge >= 0.3 is 12.1 Å². The summed E-state index contributed by atoms with van der Waals surface area (Å²) in [5.74, 6) is -5.76. The molecule has 51 heavy (non-hydrogen) atoms. The molecule has 272 valence electrons. The predicted molar refractivity (Wildman–Crippen MR) is 182 cm³/mol. The predicted octanol–water partition coefficient (Wildman–Crippen LogP) is 4.90. The second-order valence-electron chi connectivity index (χ2n) is 15.1. The van der Waals surface area contributed by atoms with Crippen molar-refractivity contribution < 1.29 is 42.6 Å². The Morgan fingerprint density at radius 1 is 0.980 bits per heavy atom. The molecule has 0 spiro atoms. The number of likely N-dealkylation sites (tertiary alicyclic amines) is 1. The minimum Gasteiger partial charge on any atom is -0.479 e. The maximum Gasteiger partial charge on any atom is 0.408 e. The second kappa shape index (κ2) is 14.1. The van der Waals surface area contributed by atoms with Crippen LogP contribution in [0.15, 0.2) is 54.6 Å². The number of allylic oxidation sites excluding steroid dienone is 1. The van der Waals surface area contributed by atoms with Gasteiger partial charge in [-0.3, -0.25) is 14.4 Å². The van der Waals surface area contributed by atoms with Gasteiger partial charge in [-0.05, 0) is 81.8 Å².